The summed E-state index contributed by atoms with van der Waals surface area (Å²) in [5.74, 6) is -1.19. The molecule has 0 saturated heterocycles. The summed E-state index contributed by atoms with van der Waals surface area (Å²) in [6.45, 7) is 11.3. The molecule has 120 valence electrons. The molecule has 0 fully saturated rings. The summed E-state index contributed by atoms with van der Waals surface area (Å²) in [7, 11) is 0. The first kappa shape index (κ1) is 16.9. The summed E-state index contributed by atoms with van der Waals surface area (Å²) < 4.78 is 5.15. The third-order valence-electron chi connectivity index (χ3n) is 3.95. The van der Waals surface area contributed by atoms with Crippen molar-refractivity contribution in [2.75, 3.05) is 0 Å². The van der Waals surface area contributed by atoms with Gasteiger partial charge in [-0.25, -0.2) is 9.59 Å². The first-order valence-electron chi connectivity index (χ1n) is 7.63. The van der Waals surface area contributed by atoms with Gasteiger partial charge < -0.3 is 4.74 Å². The molecule has 0 aliphatic rings. The summed E-state index contributed by atoms with van der Waals surface area (Å²) in [5, 5.41) is 0. The molecular formula is C20H22O3. The van der Waals surface area contributed by atoms with Crippen LogP contribution >= 0.6 is 0 Å². The van der Waals surface area contributed by atoms with Gasteiger partial charge in [-0.15, -0.1) is 0 Å². The fourth-order valence-corrected chi connectivity index (χ4v) is 3.19. The zero-order valence-electron chi connectivity index (χ0n) is 14.5. The van der Waals surface area contributed by atoms with E-state index in [2.05, 4.69) is 0 Å². The van der Waals surface area contributed by atoms with Crippen molar-refractivity contribution in [2.24, 2.45) is 0 Å². The van der Waals surface area contributed by atoms with Crippen LogP contribution in [0.5, 0.6) is 0 Å². The van der Waals surface area contributed by atoms with Crippen molar-refractivity contribution in [3.8, 4) is 0 Å². The van der Waals surface area contributed by atoms with Crippen LogP contribution in [-0.2, 0) is 4.74 Å². The van der Waals surface area contributed by atoms with Crippen LogP contribution in [0, 0.1) is 41.5 Å². The molecule has 2 rings (SSSR count). The number of ether oxygens (including phenoxy) is 1. The van der Waals surface area contributed by atoms with Crippen LogP contribution in [0.2, 0.25) is 0 Å². The number of carbonyl (C=O) groups is 2. The zero-order valence-corrected chi connectivity index (χ0v) is 14.5. The third kappa shape index (κ3) is 3.50. The Bertz CT molecular complexity index is 687. The van der Waals surface area contributed by atoms with E-state index in [-0.39, 0.29) is 0 Å². The number of rotatable bonds is 2. The van der Waals surface area contributed by atoms with E-state index in [4.69, 9.17) is 4.74 Å². The van der Waals surface area contributed by atoms with Crippen LogP contribution in [-0.4, -0.2) is 11.9 Å². The second-order valence-corrected chi connectivity index (χ2v) is 6.22. The average Bonchev–Trinajstić information content (AvgIpc) is 2.35. The van der Waals surface area contributed by atoms with Crippen LogP contribution in [0.1, 0.15) is 54.1 Å². The normalized spacial score (nSPS) is 10.5. The molecule has 3 heteroatoms. The van der Waals surface area contributed by atoms with Crippen LogP contribution in [0.3, 0.4) is 0 Å². The van der Waals surface area contributed by atoms with E-state index < -0.39 is 11.9 Å². The van der Waals surface area contributed by atoms with Crippen molar-refractivity contribution in [1.82, 2.24) is 0 Å². The molecule has 0 aliphatic carbocycles. The van der Waals surface area contributed by atoms with Crippen molar-refractivity contribution in [1.29, 1.82) is 0 Å². The van der Waals surface area contributed by atoms with Gasteiger partial charge in [0.2, 0.25) is 0 Å². The monoisotopic (exact) mass is 310 g/mol. The Morgan fingerprint density at radius 2 is 0.870 bits per heavy atom. The van der Waals surface area contributed by atoms with Crippen molar-refractivity contribution in [2.45, 2.75) is 41.5 Å². The van der Waals surface area contributed by atoms with E-state index >= 15 is 0 Å². The van der Waals surface area contributed by atoms with Crippen molar-refractivity contribution >= 4 is 11.9 Å². The Morgan fingerprint density at radius 1 is 0.609 bits per heavy atom. The Hall–Kier alpha value is -2.42. The molecule has 0 saturated carbocycles. The van der Waals surface area contributed by atoms with Crippen LogP contribution < -0.4 is 0 Å². The lowest BCUT2D eigenvalue weighted by atomic mass is 9.99. The molecule has 0 bridgehead atoms. The SMILES string of the molecule is Cc1cc(C)c(C(=O)OC(=O)c2c(C)cc(C)cc2C)c(C)c1. The average molecular weight is 310 g/mol. The molecule has 0 spiro atoms. The van der Waals surface area contributed by atoms with Crippen molar-refractivity contribution < 1.29 is 14.3 Å². The molecule has 0 radical (unpaired) electrons. The van der Waals surface area contributed by atoms with Gasteiger partial charge in [0.1, 0.15) is 0 Å². The van der Waals surface area contributed by atoms with Crippen molar-refractivity contribution in [3.05, 3.63) is 68.8 Å². The van der Waals surface area contributed by atoms with Gasteiger partial charge in [0.05, 0.1) is 11.1 Å². The van der Waals surface area contributed by atoms with Gasteiger partial charge in [-0.2, -0.15) is 0 Å². The predicted molar refractivity (Wildman–Crippen MR) is 91.1 cm³/mol. The van der Waals surface area contributed by atoms with Gasteiger partial charge in [0.15, 0.2) is 0 Å². The molecule has 3 nitrogen and oxygen atoms in total. The van der Waals surface area contributed by atoms with Gasteiger partial charge in [-0.1, -0.05) is 35.4 Å². The predicted octanol–water partition coefficient (Wildman–Crippen LogP) is 4.53. The second kappa shape index (κ2) is 6.37. The van der Waals surface area contributed by atoms with Crippen molar-refractivity contribution in [3.63, 3.8) is 0 Å². The molecule has 0 aliphatic heterocycles. The summed E-state index contributed by atoms with van der Waals surface area (Å²) >= 11 is 0. The maximum atomic E-state index is 12.4. The topological polar surface area (TPSA) is 43.4 Å². The molecule has 0 aromatic heterocycles. The zero-order chi connectivity index (χ0) is 17.3. The molecule has 0 N–H and O–H groups in total. The first-order chi connectivity index (χ1) is 10.7. The maximum absolute atomic E-state index is 12.4. The molecule has 0 atom stereocenters. The highest BCUT2D eigenvalue weighted by Crippen LogP contribution is 2.21. The lowest BCUT2D eigenvalue weighted by Crippen LogP contribution is -2.17. The number of benzene rings is 2. The smallest absolute Gasteiger partial charge is 0.346 e. The molecule has 0 unspecified atom stereocenters. The lowest BCUT2D eigenvalue weighted by molar-refractivity contribution is 0.0396. The third-order valence-corrected chi connectivity index (χ3v) is 3.95. The van der Waals surface area contributed by atoms with Crippen LogP contribution in [0.4, 0.5) is 0 Å². The van der Waals surface area contributed by atoms with Gasteiger partial charge in [0.25, 0.3) is 0 Å². The van der Waals surface area contributed by atoms with Gasteiger partial charge in [-0.05, 0) is 63.8 Å². The highest BCUT2D eigenvalue weighted by molar-refractivity contribution is 6.05. The Labute approximate surface area is 137 Å². The number of hydrogen-bond donors (Lipinski definition) is 0. The largest absolute Gasteiger partial charge is 0.386 e. The van der Waals surface area contributed by atoms with Gasteiger partial charge in [-0.3, -0.25) is 0 Å². The highest BCUT2D eigenvalue weighted by Gasteiger charge is 2.21. The molecular weight excluding hydrogens is 288 g/mol. The highest BCUT2D eigenvalue weighted by atomic mass is 16.6. The first-order valence-corrected chi connectivity index (χ1v) is 7.63. The Balaban J connectivity index is 2.33. The fraction of sp³-hybridized carbons (Fsp3) is 0.300. The van der Waals surface area contributed by atoms with E-state index in [1.165, 1.54) is 0 Å². The number of hydrogen-bond acceptors (Lipinski definition) is 3. The summed E-state index contributed by atoms with van der Waals surface area (Å²) in [4.78, 5) is 24.9. The fourth-order valence-electron chi connectivity index (χ4n) is 3.19. The minimum Gasteiger partial charge on any atom is -0.386 e. The summed E-state index contributed by atoms with van der Waals surface area (Å²) in [6, 6.07) is 7.65. The molecule has 0 heterocycles. The van der Waals surface area contributed by atoms with Gasteiger partial charge in [0, 0.05) is 0 Å². The molecule has 2 aromatic carbocycles. The Morgan fingerprint density at radius 3 is 1.13 bits per heavy atom. The molecule has 0 amide bonds. The van der Waals surface area contributed by atoms with E-state index in [0.717, 1.165) is 33.4 Å². The summed E-state index contributed by atoms with van der Waals surface area (Å²) in [6.07, 6.45) is 0. The maximum Gasteiger partial charge on any atom is 0.346 e. The lowest BCUT2D eigenvalue weighted by Gasteiger charge is -2.12. The quantitative estimate of drug-likeness (QED) is 0.604. The number of esters is 2. The van der Waals surface area contributed by atoms with E-state index in [1.807, 2.05) is 65.8 Å². The van der Waals surface area contributed by atoms with Crippen LogP contribution in [0.15, 0.2) is 24.3 Å². The number of aryl methyl sites for hydroxylation is 6. The van der Waals surface area contributed by atoms with E-state index in [0.29, 0.717) is 11.1 Å². The molecule has 2 aromatic rings. The van der Waals surface area contributed by atoms with E-state index in [9.17, 15) is 9.59 Å². The number of carbonyl (C=O) groups excluding carboxylic acids is 2. The second-order valence-electron chi connectivity index (χ2n) is 6.22. The standard InChI is InChI=1S/C20H22O3/c1-11-7-13(3)17(14(4)8-11)19(21)23-20(22)18-15(5)9-12(2)10-16(18)6/h7-10H,1-6H3. The van der Waals surface area contributed by atoms with Crippen LogP contribution in [0.25, 0.3) is 0 Å². The minimum atomic E-state index is -0.593. The molecule has 23 heavy (non-hydrogen) atoms. The summed E-state index contributed by atoms with van der Waals surface area (Å²) in [5.41, 5.74) is 6.35. The van der Waals surface area contributed by atoms with E-state index in [1.54, 1.807) is 0 Å². The Kier molecular flexibility index (Phi) is 4.69. The van der Waals surface area contributed by atoms with Gasteiger partial charge >= 0.3 is 11.9 Å². The minimum absolute atomic E-state index is 0.464.